The molecule has 5 rings (SSSR count). The summed E-state index contributed by atoms with van der Waals surface area (Å²) in [6.45, 7) is 0.184. The number of benzene rings is 2. The summed E-state index contributed by atoms with van der Waals surface area (Å²) in [7, 11) is 1.85. The molecular weight excluding hydrogens is 421 g/mol. The van der Waals surface area contributed by atoms with Crippen LogP contribution in [0.5, 0.6) is 0 Å². The van der Waals surface area contributed by atoms with Gasteiger partial charge in [-0.25, -0.2) is 18.2 Å². The van der Waals surface area contributed by atoms with Crippen molar-refractivity contribution in [2.75, 3.05) is 0 Å². The van der Waals surface area contributed by atoms with Crippen molar-refractivity contribution in [1.29, 1.82) is 0 Å². The lowest BCUT2D eigenvalue weighted by atomic mass is 10.0. The molecule has 1 N–H and O–H groups in total. The summed E-state index contributed by atoms with van der Waals surface area (Å²) in [5, 5.41) is 0.212. The van der Waals surface area contributed by atoms with Crippen molar-refractivity contribution in [3.63, 3.8) is 0 Å². The molecule has 0 unspecified atom stereocenters. The highest BCUT2D eigenvalue weighted by atomic mass is 19.1. The number of ketones is 1. The minimum atomic E-state index is -1.31. The molecule has 2 aromatic carbocycles. The third kappa shape index (κ3) is 3.01. The van der Waals surface area contributed by atoms with E-state index in [0.29, 0.717) is 18.0 Å². The van der Waals surface area contributed by atoms with Crippen molar-refractivity contribution in [2.24, 2.45) is 7.05 Å². The van der Waals surface area contributed by atoms with Gasteiger partial charge in [0.15, 0.2) is 0 Å². The van der Waals surface area contributed by atoms with Crippen molar-refractivity contribution in [3.8, 4) is 0 Å². The molecule has 0 aliphatic carbocycles. The van der Waals surface area contributed by atoms with Gasteiger partial charge in [0.05, 0.1) is 23.1 Å². The van der Waals surface area contributed by atoms with Gasteiger partial charge < -0.3 is 14.1 Å². The van der Waals surface area contributed by atoms with E-state index in [1.54, 1.807) is 0 Å². The summed E-state index contributed by atoms with van der Waals surface area (Å²) < 4.78 is 44.7. The standard InChI is InChI=1S/C23H15F3N4O2/c1-29-18-5-3-2-4-17(18)28-19(29)11-30-7-6-13-14(10-27-21(13)23(30)32)22(31)20-15(25)8-12(24)9-16(20)26/h2-10,27H,11H2,1H3. The minimum absolute atomic E-state index is 0.0867. The third-order valence-corrected chi connectivity index (χ3v) is 5.49. The second kappa shape index (κ2) is 7.23. The van der Waals surface area contributed by atoms with Crippen LogP contribution in [0.15, 0.2) is 59.7 Å². The van der Waals surface area contributed by atoms with E-state index in [1.807, 2.05) is 35.9 Å². The van der Waals surface area contributed by atoms with Crippen LogP contribution in [0.25, 0.3) is 21.9 Å². The van der Waals surface area contributed by atoms with E-state index in [-0.39, 0.29) is 23.0 Å². The highest BCUT2D eigenvalue weighted by Crippen LogP contribution is 2.23. The fraction of sp³-hybridized carbons (Fsp3) is 0.0870. The molecular formula is C23H15F3N4O2. The van der Waals surface area contributed by atoms with Crippen LogP contribution in [-0.4, -0.2) is 24.9 Å². The van der Waals surface area contributed by atoms with E-state index in [0.717, 1.165) is 11.0 Å². The fourth-order valence-corrected chi connectivity index (χ4v) is 3.86. The molecule has 3 aromatic heterocycles. The highest BCUT2D eigenvalue weighted by Gasteiger charge is 2.24. The molecule has 0 aliphatic rings. The fourth-order valence-electron chi connectivity index (χ4n) is 3.86. The Hall–Kier alpha value is -4.14. The number of aromatic amines is 1. The summed E-state index contributed by atoms with van der Waals surface area (Å²) in [5.74, 6) is -4.07. The molecule has 0 radical (unpaired) electrons. The molecule has 0 saturated heterocycles. The van der Waals surface area contributed by atoms with E-state index in [1.165, 1.54) is 23.0 Å². The summed E-state index contributed by atoms with van der Waals surface area (Å²) >= 11 is 0. The topological polar surface area (TPSA) is 72.7 Å². The monoisotopic (exact) mass is 436 g/mol. The average Bonchev–Trinajstić information content (AvgIpc) is 3.31. The number of H-pyrrole nitrogens is 1. The Morgan fingerprint density at radius 2 is 1.81 bits per heavy atom. The molecule has 6 nitrogen and oxygen atoms in total. The van der Waals surface area contributed by atoms with E-state index in [2.05, 4.69) is 9.97 Å². The second-order valence-corrected chi connectivity index (χ2v) is 7.39. The summed E-state index contributed by atoms with van der Waals surface area (Å²) in [5.41, 5.74) is 0.446. The number of aromatic nitrogens is 4. The number of hydrogen-bond acceptors (Lipinski definition) is 3. The Balaban J connectivity index is 1.56. The maximum absolute atomic E-state index is 14.1. The van der Waals surface area contributed by atoms with Gasteiger partial charge >= 0.3 is 0 Å². The van der Waals surface area contributed by atoms with Crippen LogP contribution < -0.4 is 5.56 Å². The molecule has 160 valence electrons. The average molecular weight is 436 g/mol. The molecule has 3 heterocycles. The molecule has 0 spiro atoms. The molecule has 0 atom stereocenters. The largest absolute Gasteiger partial charge is 0.356 e. The zero-order chi connectivity index (χ0) is 22.6. The molecule has 32 heavy (non-hydrogen) atoms. The smallest absolute Gasteiger partial charge is 0.275 e. The second-order valence-electron chi connectivity index (χ2n) is 7.39. The lowest BCUT2D eigenvalue weighted by Gasteiger charge is -2.07. The first kappa shape index (κ1) is 19.8. The Morgan fingerprint density at radius 3 is 2.53 bits per heavy atom. The Bertz CT molecular complexity index is 1570. The molecule has 9 heteroatoms. The first-order valence-corrected chi connectivity index (χ1v) is 9.65. The van der Waals surface area contributed by atoms with Crippen LogP contribution in [0.1, 0.15) is 21.7 Å². The zero-order valence-electron chi connectivity index (χ0n) is 16.7. The Morgan fingerprint density at radius 1 is 1.09 bits per heavy atom. The predicted octanol–water partition coefficient (Wildman–Crippen LogP) is 3.91. The summed E-state index contributed by atoms with van der Waals surface area (Å²) in [6, 6.07) is 9.97. The van der Waals surface area contributed by atoms with Crippen LogP contribution >= 0.6 is 0 Å². The number of nitrogens with zero attached hydrogens (tertiary/aromatic N) is 3. The zero-order valence-corrected chi connectivity index (χ0v) is 16.7. The number of aryl methyl sites for hydroxylation is 1. The van der Waals surface area contributed by atoms with Crippen LogP contribution in [0, 0.1) is 17.5 Å². The number of fused-ring (bicyclic) bond motifs is 2. The lowest BCUT2D eigenvalue weighted by molar-refractivity contribution is 0.103. The maximum Gasteiger partial charge on any atom is 0.275 e. The van der Waals surface area contributed by atoms with Gasteiger partial charge in [-0.05, 0) is 18.2 Å². The van der Waals surface area contributed by atoms with E-state index < -0.39 is 34.4 Å². The van der Waals surface area contributed by atoms with Gasteiger partial charge in [0, 0.05) is 42.5 Å². The maximum atomic E-state index is 14.1. The number of carbonyl (C=O) groups excluding carboxylic acids is 1. The van der Waals surface area contributed by atoms with E-state index in [4.69, 9.17) is 0 Å². The van der Waals surface area contributed by atoms with E-state index >= 15 is 0 Å². The van der Waals surface area contributed by atoms with Gasteiger partial charge in [0.25, 0.3) is 5.56 Å². The van der Waals surface area contributed by atoms with Crippen LogP contribution in [-0.2, 0) is 13.6 Å². The van der Waals surface area contributed by atoms with Crippen LogP contribution in [0.4, 0.5) is 13.2 Å². The Labute approximate surface area is 178 Å². The van der Waals surface area contributed by atoms with E-state index in [9.17, 15) is 22.8 Å². The number of halogens is 3. The van der Waals surface area contributed by atoms with Gasteiger partial charge in [-0.2, -0.15) is 0 Å². The van der Waals surface area contributed by atoms with Crippen molar-refractivity contribution in [2.45, 2.75) is 6.54 Å². The molecule has 0 aliphatic heterocycles. The quantitative estimate of drug-likeness (QED) is 0.434. The molecule has 0 amide bonds. The van der Waals surface area contributed by atoms with Crippen molar-refractivity contribution < 1.29 is 18.0 Å². The number of hydrogen-bond donors (Lipinski definition) is 1. The van der Waals surface area contributed by atoms with Crippen molar-refractivity contribution in [3.05, 3.63) is 99.6 Å². The minimum Gasteiger partial charge on any atom is -0.356 e. The van der Waals surface area contributed by atoms with Crippen LogP contribution in [0.2, 0.25) is 0 Å². The number of imidazole rings is 1. The summed E-state index contributed by atoms with van der Waals surface area (Å²) in [4.78, 5) is 33.0. The normalized spacial score (nSPS) is 11.5. The van der Waals surface area contributed by atoms with Gasteiger partial charge in [-0.3, -0.25) is 9.59 Å². The molecule has 5 aromatic rings. The number of para-hydroxylation sites is 2. The number of pyridine rings is 1. The van der Waals surface area contributed by atoms with Gasteiger partial charge in [-0.1, -0.05) is 12.1 Å². The third-order valence-electron chi connectivity index (χ3n) is 5.49. The van der Waals surface area contributed by atoms with Crippen molar-refractivity contribution in [1.82, 2.24) is 19.1 Å². The molecule has 0 bridgehead atoms. The van der Waals surface area contributed by atoms with Gasteiger partial charge in [-0.15, -0.1) is 0 Å². The number of nitrogens with one attached hydrogen (secondary N) is 1. The lowest BCUT2D eigenvalue weighted by Crippen LogP contribution is -2.21. The SMILES string of the molecule is Cn1c(Cn2ccc3c(C(=O)c4c(F)cc(F)cc4F)c[nH]c3c2=O)nc2ccccc21. The molecule has 0 fully saturated rings. The van der Waals surface area contributed by atoms with Crippen molar-refractivity contribution >= 4 is 27.7 Å². The first-order chi connectivity index (χ1) is 15.3. The van der Waals surface area contributed by atoms with Gasteiger partial charge in [0.2, 0.25) is 5.78 Å². The molecule has 0 saturated carbocycles. The van der Waals surface area contributed by atoms with Gasteiger partial charge in [0.1, 0.15) is 28.8 Å². The number of carbonyl (C=O) groups is 1. The van der Waals surface area contributed by atoms with Crippen LogP contribution in [0.3, 0.4) is 0 Å². The summed E-state index contributed by atoms with van der Waals surface area (Å²) in [6.07, 6.45) is 2.71. The highest BCUT2D eigenvalue weighted by molar-refractivity contribution is 6.16. The Kier molecular flexibility index (Phi) is 4.47. The predicted molar refractivity (Wildman–Crippen MR) is 112 cm³/mol. The number of rotatable bonds is 4. The first-order valence-electron chi connectivity index (χ1n) is 9.65.